The van der Waals surface area contributed by atoms with Crippen LogP contribution in [0.3, 0.4) is 0 Å². The van der Waals surface area contributed by atoms with E-state index in [1.54, 1.807) is 0 Å². The predicted octanol–water partition coefficient (Wildman–Crippen LogP) is 3.46. The Hall–Kier alpha value is -2.09. The Bertz CT molecular complexity index is 651. The van der Waals surface area contributed by atoms with Gasteiger partial charge < -0.3 is 5.11 Å². The van der Waals surface area contributed by atoms with E-state index in [0.717, 1.165) is 18.6 Å². The van der Waals surface area contributed by atoms with Gasteiger partial charge in [-0.05, 0) is 42.4 Å². The summed E-state index contributed by atoms with van der Waals surface area (Å²) in [5.74, 6) is -1.54. The fourth-order valence-corrected chi connectivity index (χ4v) is 2.41. The molecule has 0 saturated carbocycles. The maximum atomic E-state index is 13.0. The molecule has 152 valence electrons. The summed E-state index contributed by atoms with van der Waals surface area (Å²) >= 11 is 0. The number of carbonyl (C=O) groups is 2. The van der Waals surface area contributed by atoms with E-state index in [1.807, 2.05) is 20.8 Å². The van der Waals surface area contributed by atoms with Crippen molar-refractivity contribution in [2.24, 2.45) is 5.41 Å². The van der Waals surface area contributed by atoms with Crippen LogP contribution in [0.1, 0.15) is 63.1 Å². The molecule has 0 bridgehead atoms. The molecule has 0 fully saturated rings. The van der Waals surface area contributed by atoms with Crippen LogP contribution in [0.5, 0.6) is 0 Å². The predicted molar refractivity (Wildman–Crippen MR) is 92.4 cm³/mol. The summed E-state index contributed by atoms with van der Waals surface area (Å²) in [5.41, 5.74) is 1.79. The van der Waals surface area contributed by atoms with Crippen LogP contribution in [0.25, 0.3) is 0 Å². The molecule has 0 aliphatic heterocycles. The lowest BCUT2D eigenvalue weighted by Gasteiger charge is -2.19. The largest absolute Gasteiger partial charge is 0.481 e. The second-order valence-electron chi connectivity index (χ2n) is 7.65. The van der Waals surface area contributed by atoms with Crippen molar-refractivity contribution >= 4 is 11.9 Å². The van der Waals surface area contributed by atoms with E-state index in [1.165, 1.54) is 11.5 Å². The van der Waals surface area contributed by atoms with Gasteiger partial charge in [0, 0.05) is 12.0 Å². The van der Waals surface area contributed by atoms with Crippen LogP contribution in [-0.4, -0.2) is 17.0 Å². The second-order valence-corrected chi connectivity index (χ2v) is 7.65. The normalized spacial score (nSPS) is 12.1. The maximum Gasteiger partial charge on any atom is 0.416 e. The quantitative estimate of drug-likeness (QED) is 0.633. The number of alkyl halides is 3. The van der Waals surface area contributed by atoms with E-state index in [2.05, 4.69) is 0 Å². The first-order valence-electron chi connectivity index (χ1n) is 8.80. The topological polar surface area (TPSA) is 80.2 Å². The fraction of sp³-hybridized carbons (Fsp3) is 0.579. The first kappa shape index (κ1) is 23.0. The van der Waals surface area contributed by atoms with Crippen LogP contribution in [0.4, 0.5) is 13.2 Å². The third-order valence-corrected chi connectivity index (χ3v) is 3.97. The summed E-state index contributed by atoms with van der Waals surface area (Å²) in [5, 5.41) is 8.53. The van der Waals surface area contributed by atoms with Crippen LogP contribution >= 0.6 is 0 Å². The van der Waals surface area contributed by atoms with Gasteiger partial charge in [-0.1, -0.05) is 26.8 Å². The Labute approximate surface area is 156 Å². The molecule has 0 aromatic heterocycles. The minimum Gasteiger partial charge on any atom is -0.481 e. The molecule has 5 nitrogen and oxygen atoms in total. The molecule has 8 heteroatoms. The van der Waals surface area contributed by atoms with Crippen molar-refractivity contribution < 1.29 is 38.2 Å². The monoisotopic (exact) mass is 390 g/mol. The summed E-state index contributed by atoms with van der Waals surface area (Å²) in [6, 6.07) is 3.59. The van der Waals surface area contributed by atoms with Gasteiger partial charge in [-0.3, -0.25) is 9.63 Å². The van der Waals surface area contributed by atoms with Crippen LogP contribution in [-0.2, 0) is 33.6 Å². The Morgan fingerprint density at radius 2 is 1.78 bits per heavy atom. The van der Waals surface area contributed by atoms with Gasteiger partial charge in [0.1, 0.15) is 6.54 Å². The number of hydroxylamine groups is 1. The van der Waals surface area contributed by atoms with E-state index in [0.29, 0.717) is 17.5 Å². The summed E-state index contributed by atoms with van der Waals surface area (Å²) in [6.07, 6.45) is -3.16. The van der Waals surface area contributed by atoms with E-state index < -0.39 is 23.7 Å². The van der Waals surface area contributed by atoms with E-state index in [4.69, 9.17) is 9.94 Å². The van der Waals surface area contributed by atoms with Crippen LogP contribution in [0, 0.1) is 5.41 Å². The van der Waals surface area contributed by atoms with Gasteiger partial charge in [0.2, 0.25) is 0 Å². The molecule has 1 aromatic carbocycles. The number of benzene rings is 1. The van der Waals surface area contributed by atoms with Gasteiger partial charge in [0.25, 0.3) is 0 Å². The zero-order chi connectivity index (χ0) is 20.7. The minimum absolute atomic E-state index is 0.0211. The van der Waals surface area contributed by atoms with Crippen molar-refractivity contribution in [3.05, 3.63) is 34.9 Å². The Morgan fingerprint density at radius 3 is 2.33 bits per heavy atom. The van der Waals surface area contributed by atoms with Gasteiger partial charge >= 0.3 is 18.1 Å². The molecule has 3 N–H and O–H groups in total. The number of halogens is 3. The highest BCUT2D eigenvalue weighted by molar-refractivity contribution is 5.70. The first-order chi connectivity index (χ1) is 12.4. The lowest BCUT2D eigenvalue weighted by molar-refractivity contribution is -0.884. The van der Waals surface area contributed by atoms with Crippen molar-refractivity contribution in [1.82, 2.24) is 0 Å². The first-order valence-corrected chi connectivity index (χ1v) is 8.80. The smallest absolute Gasteiger partial charge is 0.416 e. The fourth-order valence-electron chi connectivity index (χ4n) is 2.41. The zero-order valence-corrected chi connectivity index (χ0v) is 15.9. The van der Waals surface area contributed by atoms with E-state index >= 15 is 0 Å². The van der Waals surface area contributed by atoms with Crippen LogP contribution in [0.2, 0.25) is 0 Å². The summed E-state index contributed by atoms with van der Waals surface area (Å²) in [4.78, 5) is 26.9. The third-order valence-electron chi connectivity index (χ3n) is 3.97. The molecule has 0 unspecified atom stereocenters. The number of rotatable bonds is 9. The maximum absolute atomic E-state index is 13.0. The molecule has 0 radical (unpaired) electrons. The number of carboxylic acid groups (broad SMARTS) is 1. The van der Waals surface area contributed by atoms with Gasteiger partial charge in [-0.15, -0.1) is 0 Å². The third kappa shape index (κ3) is 9.42. The lowest BCUT2D eigenvalue weighted by atomic mass is 9.87. The van der Waals surface area contributed by atoms with Gasteiger partial charge in [0.05, 0.1) is 12.0 Å². The zero-order valence-electron chi connectivity index (χ0n) is 15.9. The highest BCUT2D eigenvalue weighted by atomic mass is 19.4. The molecular formula is C19H27F3NO4+. The van der Waals surface area contributed by atoms with E-state index in [9.17, 15) is 22.8 Å². The van der Waals surface area contributed by atoms with Crippen molar-refractivity contribution in [2.45, 2.75) is 65.6 Å². The number of nitrogens with two attached hydrogens (primary N) is 1. The Kier molecular flexibility index (Phi) is 8.27. The molecule has 0 aliphatic rings. The number of hydrogen-bond acceptors (Lipinski definition) is 3. The van der Waals surface area contributed by atoms with E-state index in [-0.39, 0.29) is 31.2 Å². The lowest BCUT2D eigenvalue weighted by Crippen LogP contribution is -2.82. The highest BCUT2D eigenvalue weighted by Gasteiger charge is 2.31. The summed E-state index contributed by atoms with van der Waals surface area (Å²) in [6.45, 7) is 6.25. The average Bonchev–Trinajstić information content (AvgIpc) is 2.51. The van der Waals surface area contributed by atoms with Gasteiger partial charge in [-0.2, -0.15) is 18.7 Å². The number of hydrogen-bond donors (Lipinski definition) is 2. The minimum atomic E-state index is -4.41. The van der Waals surface area contributed by atoms with Gasteiger partial charge in [0.15, 0.2) is 0 Å². The molecule has 0 saturated heterocycles. The molecule has 0 amide bonds. The molecule has 1 aromatic rings. The standard InChI is InChI=1S/C19H26F3NO4/c1-18(2,3)10-9-13-11-15(19(20,21)22)8-7-14(13)12-23-27-17(26)6-4-5-16(24)25/h7-8,11,23H,4-6,9-10,12H2,1-3H3,(H,24,25)/p+1. The SMILES string of the molecule is CC(C)(C)CCc1cc(C(F)(F)F)ccc1C[NH2+]OC(=O)CCCC(=O)O. The van der Waals surface area contributed by atoms with Crippen LogP contribution in [0.15, 0.2) is 18.2 Å². The van der Waals surface area contributed by atoms with Gasteiger partial charge in [-0.25, -0.2) is 4.79 Å². The van der Waals surface area contributed by atoms with Crippen molar-refractivity contribution in [3.8, 4) is 0 Å². The highest BCUT2D eigenvalue weighted by Crippen LogP contribution is 2.31. The number of aliphatic carboxylic acids is 1. The number of carboxylic acids is 1. The molecule has 0 atom stereocenters. The Morgan fingerprint density at radius 1 is 1.11 bits per heavy atom. The molecule has 27 heavy (non-hydrogen) atoms. The number of quaternary nitrogens is 1. The second kappa shape index (κ2) is 9.73. The van der Waals surface area contributed by atoms with Crippen LogP contribution < -0.4 is 5.48 Å². The molecule has 0 heterocycles. The molecular weight excluding hydrogens is 363 g/mol. The molecule has 0 aliphatic carbocycles. The average molecular weight is 390 g/mol. The van der Waals surface area contributed by atoms with Crippen molar-refractivity contribution in [2.75, 3.05) is 0 Å². The summed E-state index contributed by atoms with van der Waals surface area (Å²) < 4.78 is 39.0. The van der Waals surface area contributed by atoms with Crippen molar-refractivity contribution in [1.29, 1.82) is 0 Å². The number of carbonyl (C=O) groups excluding carboxylic acids is 1. The summed E-state index contributed by atoms with van der Waals surface area (Å²) in [7, 11) is 0. The number of aryl methyl sites for hydroxylation is 1. The molecule has 0 spiro atoms. The Balaban J connectivity index is 2.71. The molecule has 1 rings (SSSR count). The van der Waals surface area contributed by atoms with Crippen molar-refractivity contribution in [3.63, 3.8) is 0 Å².